The van der Waals surface area contributed by atoms with E-state index in [4.69, 9.17) is 14.0 Å². The molecule has 1 aliphatic rings. The second kappa shape index (κ2) is 6.95. The lowest BCUT2D eigenvalue weighted by Crippen LogP contribution is -2.41. The Morgan fingerprint density at radius 2 is 1.66 bits per heavy atom. The summed E-state index contributed by atoms with van der Waals surface area (Å²) < 4.78 is 46.0. The fraction of sp³-hybridized carbons (Fsp3) is 0.476. The van der Waals surface area contributed by atoms with E-state index in [1.165, 1.54) is 12.1 Å². The summed E-state index contributed by atoms with van der Waals surface area (Å²) in [4.78, 5) is 12.2. The van der Waals surface area contributed by atoms with Crippen LogP contribution in [-0.4, -0.2) is 30.0 Å². The molecule has 0 bridgehead atoms. The van der Waals surface area contributed by atoms with Crippen LogP contribution in [0.5, 0.6) is 0 Å². The van der Waals surface area contributed by atoms with Crippen molar-refractivity contribution in [3.8, 4) is 0 Å². The maximum Gasteiger partial charge on any atom is 0.495 e. The largest absolute Gasteiger partial charge is 0.495 e. The topological polar surface area (TPSA) is 56.8 Å². The summed E-state index contributed by atoms with van der Waals surface area (Å²) in [6.45, 7) is 12.7. The predicted octanol–water partition coefficient (Wildman–Crippen LogP) is 4.76. The van der Waals surface area contributed by atoms with Gasteiger partial charge in [0.05, 0.1) is 11.2 Å². The van der Waals surface area contributed by atoms with Gasteiger partial charge in [-0.2, -0.15) is 0 Å². The third-order valence-electron chi connectivity index (χ3n) is 5.19. The molecule has 1 heterocycles. The molecule has 0 radical (unpaired) electrons. The number of fused-ring (bicyclic) bond motifs is 1. The number of benzene rings is 2. The zero-order chi connectivity index (χ0) is 21.8. The molecule has 0 aromatic heterocycles. The van der Waals surface area contributed by atoms with Gasteiger partial charge < -0.3 is 14.0 Å². The smallest absolute Gasteiger partial charge is 0.444 e. The van der Waals surface area contributed by atoms with Crippen LogP contribution < -0.4 is 10.8 Å². The molecule has 0 spiro atoms. The second-order valence-corrected chi connectivity index (χ2v) is 9.24. The summed E-state index contributed by atoms with van der Waals surface area (Å²) in [5.41, 5.74) is -1.35. The number of carbonyl (C=O) groups excluding carboxylic acids is 1. The molecule has 0 aliphatic carbocycles. The predicted molar refractivity (Wildman–Crippen MR) is 109 cm³/mol. The third-order valence-corrected chi connectivity index (χ3v) is 5.19. The van der Waals surface area contributed by atoms with Gasteiger partial charge in [-0.1, -0.05) is 6.07 Å². The third kappa shape index (κ3) is 4.23. The van der Waals surface area contributed by atoms with Crippen LogP contribution >= 0.6 is 0 Å². The molecule has 2 aromatic carbocycles. The highest BCUT2D eigenvalue weighted by Crippen LogP contribution is 2.37. The minimum absolute atomic E-state index is 0.0539. The first-order valence-electron chi connectivity index (χ1n) is 9.47. The minimum atomic E-state index is -0.990. The molecular weight excluding hydrogens is 379 g/mol. The van der Waals surface area contributed by atoms with Crippen LogP contribution in [0, 0.1) is 11.6 Å². The van der Waals surface area contributed by atoms with Crippen molar-refractivity contribution >= 4 is 35.1 Å². The number of carbonyl (C=O) groups is 1. The van der Waals surface area contributed by atoms with Crippen molar-refractivity contribution in [2.24, 2.45) is 0 Å². The Labute approximate surface area is 169 Å². The van der Waals surface area contributed by atoms with E-state index in [0.717, 1.165) is 6.07 Å². The zero-order valence-corrected chi connectivity index (χ0v) is 17.8. The van der Waals surface area contributed by atoms with E-state index in [1.54, 1.807) is 26.8 Å². The van der Waals surface area contributed by atoms with Crippen molar-refractivity contribution in [1.29, 1.82) is 0 Å². The molecule has 8 heteroatoms. The van der Waals surface area contributed by atoms with Gasteiger partial charge in [0.15, 0.2) is 11.6 Å². The molecule has 2 aromatic rings. The van der Waals surface area contributed by atoms with Gasteiger partial charge in [-0.05, 0) is 77.5 Å². The van der Waals surface area contributed by atoms with Gasteiger partial charge in [-0.25, -0.2) is 13.6 Å². The first-order valence-corrected chi connectivity index (χ1v) is 9.47. The van der Waals surface area contributed by atoms with Crippen LogP contribution in [0.15, 0.2) is 24.3 Å². The number of nitrogens with one attached hydrogen (secondary N) is 1. The highest BCUT2D eigenvalue weighted by atomic mass is 19.2. The Morgan fingerprint density at radius 1 is 1.07 bits per heavy atom. The Kier molecular flexibility index (Phi) is 5.16. The quantitative estimate of drug-likeness (QED) is 0.732. The van der Waals surface area contributed by atoms with Crippen LogP contribution in [-0.2, 0) is 14.0 Å². The average molecular weight is 405 g/mol. The summed E-state index contributed by atoms with van der Waals surface area (Å²) in [7, 11) is -0.931. The molecule has 1 N–H and O–H groups in total. The number of amides is 1. The SMILES string of the molecule is CC(C)(C)OC(=O)Nc1cc(B2OC(C)(C)C(C)(C)O2)c2c(F)c(F)ccc2c1. The number of rotatable bonds is 2. The molecule has 156 valence electrons. The number of ether oxygens (including phenoxy) is 1. The first-order chi connectivity index (χ1) is 13.2. The molecule has 3 rings (SSSR count). The lowest BCUT2D eigenvalue weighted by molar-refractivity contribution is 0.00578. The number of halogens is 2. The normalized spacial score (nSPS) is 18.2. The van der Waals surface area contributed by atoms with Crippen LogP contribution in [0.2, 0.25) is 0 Å². The minimum Gasteiger partial charge on any atom is -0.444 e. The van der Waals surface area contributed by atoms with E-state index in [-0.39, 0.29) is 5.39 Å². The molecule has 1 aliphatic heterocycles. The fourth-order valence-corrected chi connectivity index (χ4v) is 3.08. The standard InChI is InChI=1S/C21H26BF2NO4/c1-19(2,3)27-18(26)25-13-10-12-8-9-15(23)17(24)16(12)14(11-13)22-28-20(4,5)21(6,7)29-22/h8-11H,1-7H3,(H,25,26). The monoisotopic (exact) mass is 405 g/mol. The molecule has 1 fully saturated rings. The van der Waals surface area contributed by atoms with Crippen LogP contribution in [0.3, 0.4) is 0 Å². The van der Waals surface area contributed by atoms with E-state index < -0.39 is 41.6 Å². The Balaban J connectivity index is 2.09. The van der Waals surface area contributed by atoms with Crippen molar-refractivity contribution in [2.45, 2.75) is 65.3 Å². The summed E-state index contributed by atoms with van der Waals surface area (Å²) in [5.74, 6) is -1.96. The molecule has 0 unspecified atom stereocenters. The summed E-state index contributed by atoms with van der Waals surface area (Å²) in [6.07, 6.45) is -0.653. The van der Waals surface area contributed by atoms with Gasteiger partial charge in [-0.15, -0.1) is 0 Å². The fourth-order valence-electron chi connectivity index (χ4n) is 3.08. The van der Waals surface area contributed by atoms with E-state index in [2.05, 4.69) is 5.32 Å². The van der Waals surface area contributed by atoms with Crippen LogP contribution in [0.25, 0.3) is 10.8 Å². The van der Waals surface area contributed by atoms with Crippen LogP contribution in [0.4, 0.5) is 19.3 Å². The van der Waals surface area contributed by atoms with Crippen molar-refractivity contribution in [2.75, 3.05) is 5.32 Å². The van der Waals surface area contributed by atoms with E-state index in [0.29, 0.717) is 16.5 Å². The lowest BCUT2D eigenvalue weighted by atomic mass is 9.75. The summed E-state index contributed by atoms with van der Waals surface area (Å²) in [5, 5.41) is 3.10. The van der Waals surface area contributed by atoms with E-state index in [9.17, 15) is 13.6 Å². The zero-order valence-electron chi connectivity index (χ0n) is 17.8. The molecule has 5 nitrogen and oxygen atoms in total. The van der Waals surface area contributed by atoms with Gasteiger partial charge in [0.25, 0.3) is 0 Å². The van der Waals surface area contributed by atoms with Crippen molar-refractivity contribution in [1.82, 2.24) is 0 Å². The van der Waals surface area contributed by atoms with Crippen LogP contribution in [0.1, 0.15) is 48.5 Å². The van der Waals surface area contributed by atoms with Crippen molar-refractivity contribution < 1.29 is 27.6 Å². The maximum atomic E-state index is 14.7. The number of anilines is 1. The Hall–Kier alpha value is -2.19. The molecule has 0 atom stereocenters. The highest BCUT2D eigenvalue weighted by molar-refractivity contribution is 6.65. The second-order valence-electron chi connectivity index (χ2n) is 9.24. The summed E-state index contributed by atoms with van der Waals surface area (Å²) in [6, 6.07) is 5.57. The highest BCUT2D eigenvalue weighted by Gasteiger charge is 2.52. The molecule has 0 saturated carbocycles. The molecule has 1 amide bonds. The average Bonchev–Trinajstić information content (AvgIpc) is 2.76. The number of hydrogen-bond acceptors (Lipinski definition) is 4. The molecular formula is C21H26BF2NO4. The van der Waals surface area contributed by atoms with Gasteiger partial charge in [0.1, 0.15) is 5.60 Å². The van der Waals surface area contributed by atoms with Crippen molar-refractivity contribution in [3.63, 3.8) is 0 Å². The van der Waals surface area contributed by atoms with Gasteiger partial charge in [0, 0.05) is 11.1 Å². The Bertz CT molecular complexity index is 953. The Morgan fingerprint density at radius 3 is 2.21 bits per heavy atom. The molecule has 1 saturated heterocycles. The first kappa shape index (κ1) is 21.5. The maximum absolute atomic E-state index is 14.7. The number of hydrogen-bond donors (Lipinski definition) is 1. The van der Waals surface area contributed by atoms with Gasteiger partial charge in [0.2, 0.25) is 0 Å². The summed E-state index contributed by atoms with van der Waals surface area (Å²) >= 11 is 0. The molecule has 29 heavy (non-hydrogen) atoms. The lowest BCUT2D eigenvalue weighted by Gasteiger charge is -2.32. The van der Waals surface area contributed by atoms with Gasteiger partial charge >= 0.3 is 13.2 Å². The van der Waals surface area contributed by atoms with E-state index >= 15 is 0 Å². The van der Waals surface area contributed by atoms with Crippen molar-refractivity contribution in [3.05, 3.63) is 35.9 Å². The van der Waals surface area contributed by atoms with Gasteiger partial charge in [-0.3, -0.25) is 5.32 Å². The van der Waals surface area contributed by atoms with E-state index in [1.807, 2.05) is 27.7 Å².